The zero-order valence-electron chi connectivity index (χ0n) is 18.7. The average molecular weight is 419 g/mol. The summed E-state index contributed by atoms with van der Waals surface area (Å²) in [6.07, 6.45) is 3.35. The van der Waals surface area contributed by atoms with Crippen LogP contribution in [0.25, 0.3) is 0 Å². The van der Waals surface area contributed by atoms with Gasteiger partial charge in [-0.15, -0.1) is 13.2 Å². The summed E-state index contributed by atoms with van der Waals surface area (Å²) < 4.78 is 0. The van der Waals surface area contributed by atoms with Gasteiger partial charge < -0.3 is 10.0 Å². The van der Waals surface area contributed by atoms with Crippen molar-refractivity contribution in [1.29, 1.82) is 0 Å². The van der Waals surface area contributed by atoms with Crippen molar-refractivity contribution in [2.24, 2.45) is 5.41 Å². The van der Waals surface area contributed by atoms with Gasteiger partial charge >= 0.3 is 5.97 Å². The summed E-state index contributed by atoms with van der Waals surface area (Å²) in [5, 5.41) is 9.03. The van der Waals surface area contributed by atoms with Crippen LogP contribution >= 0.6 is 0 Å². The van der Waals surface area contributed by atoms with Crippen molar-refractivity contribution >= 4 is 11.9 Å². The Morgan fingerprint density at radius 1 is 1.10 bits per heavy atom. The summed E-state index contributed by atoms with van der Waals surface area (Å²) in [5.74, 6) is -0.660. The molecule has 1 heterocycles. The molecule has 1 aromatic carbocycles. The van der Waals surface area contributed by atoms with Crippen molar-refractivity contribution in [1.82, 2.24) is 9.80 Å². The van der Waals surface area contributed by atoms with Crippen LogP contribution < -0.4 is 0 Å². The summed E-state index contributed by atoms with van der Waals surface area (Å²) in [4.78, 5) is 27.9. The molecule has 1 amide bonds. The molecule has 0 unspecified atom stereocenters. The minimum absolute atomic E-state index is 0. The Hall–Kier alpha value is -2.14. The third kappa shape index (κ3) is 9.57. The van der Waals surface area contributed by atoms with Gasteiger partial charge in [-0.3, -0.25) is 9.69 Å². The van der Waals surface area contributed by atoms with Crippen molar-refractivity contribution < 1.29 is 14.7 Å². The SMILES string of the molecule is C.C=C.Cc1cc(C(=O)O)ccc1CCCC(=O)N1CCN(CCC(C)(C)C)CC1. The number of aromatic carboxylic acids is 1. The lowest BCUT2D eigenvalue weighted by molar-refractivity contribution is -0.133. The molecule has 0 saturated carbocycles. The van der Waals surface area contributed by atoms with Gasteiger partial charge in [-0.2, -0.15) is 0 Å². The van der Waals surface area contributed by atoms with Crippen LogP contribution in [-0.2, 0) is 11.2 Å². The molecule has 0 aromatic heterocycles. The monoisotopic (exact) mass is 418 g/mol. The topological polar surface area (TPSA) is 60.9 Å². The van der Waals surface area contributed by atoms with E-state index in [4.69, 9.17) is 5.11 Å². The van der Waals surface area contributed by atoms with Gasteiger partial charge in [0.25, 0.3) is 0 Å². The standard InChI is InChI=1S/C22H34N2O3.C2H4.CH4/c1-17-16-19(21(26)27)9-8-18(17)6-5-7-20(25)24-14-12-23(13-15-24)11-10-22(2,3)4;1-2;/h8-9,16H,5-7,10-15H2,1-4H3,(H,26,27);1-2H2;1H4. The van der Waals surface area contributed by atoms with E-state index in [1.54, 1.807) is 12.1 Å². The summed E-state index contributed by atoms with van der Waals surface area (Å²) in [6, 6.07) is 5.22. The van der Waals surface area contributed by atoms with Gasteiger partial charge in [0, 0.05) is 32.6 Å². The molecule has 1 N–H and O–H groups in total. The molecule has 5 nitrogen and oxygen atoms in total. The van der Waals surface area contributed by atoms with Gasteiger partial charge in [0.05, 0.1) is 5.56 Å². The largest absolute Gasteiger partial charge is 0.478 e. The van der Waals surface area contributed by atoms with Crippen LogP contribution in [0.5, 0.6) is 0 Å². The van der Waals surface area contributed by atoms with Crippen LogP contribution in [0.15, 0.2) is 31.4 Å². The number of carbonyl (C=O) groups excluding carboxylic acids is 1. The van der Waals surface area contributed by atoms with E-state index in [2.05, 4.69) is 38.8 Å². The first-order chi connectivity index (χ1) is 13.7. The summed E-state index contributed by atoms with van der Waals surface area (Å²) in [6.45, 7) is 19.4. The van der Waals surface area contributed by atoms with E-state index in [9.17, 15) is 9.59 Å². The van der Waals surface area contributed by atoms with Gasteiger partial charge in [-0.05, 0) is 61.4 Å². The molecule has 1 aliphatic heterocycles. The number of nitrogens with zero attached hydrogens (tertiary/aromatic N) is 2. The predicted molar refractivity (Wildman–Crippen MR) is 126 cm³/mol. The molecule has 2 rings (SSSR count). The van der Waals surface area contributed by atoms with Crippen molar-refractivity contribution in [3.63, 3.8) is 0 Å². The zero-order valence-corrected chi connectivity index (χ0v) is 18.7. The molecule has 0 aliphatic carbocycles. The molecular weight excluding hydrogens is 376 g/mol. The maximum atomic E-state index is 12.5. The normalized spacial score (nSPS) is 14.3. The Kier molecular flexibility index (Phi) is 12.3. The second kappa shape index (κ2) is 13.2. The smallest absolute Gasteiger partial charge is 0.335 e. The summed E-state index contributed by atoms with van der Waals surface area (Å²) >= 11 is 0. The maximum absolute atomic E-state index is 12.5. The summed E-state index contributed by atoms with van der Waals surface area (Å²) in [7, 11) is 0. The highest BCUT2D eigenvalue weighted by atomic mass is 16.4. The fourth-order valence-corrected chi connectivity index (χ4v) is 3.41. The van der Waals surface area contributed by atoms with Crippen LogP contribution in [0.2, 0.25) is 0 Å². The van der Waals surface area contributed by atoms with Crippen LogP contribution in [0.4, 0.5) is 0 Å². The molecule has 1 aliphatic rings. The lowest BCUT2D eigenvalue weighted by atomic mass is 9.92. The van der Waals surface area contributed by atoms with Crippen molar-refractivity contribution in [2.45, 2.75) is 60.8 Å². The molecule has 0 radical (unpaired) electrons. The molecule has 0 bridgehead atoms. The van der Waals surface area contributed by atoms with Gasteiger partial charge in [-0.1, -0.05) is 34.3 Å². The minimum atomic E-state index is -0.901. The number of piperazine rings is 1. The first-order valence-corrected chi connectivity index (χ1v) is 10.5. The van der Waals surface area contributed by atoms with E-state index < -0.39 is 5.97 Å². The lowest BCUT2D eigenvalue weighted by Gasteiger charge is -2.36. The van der Waals surface area contributed by atoms with Gasteiger partial charge in [-0.25, -0.2) is 4.79 Å². The number of hydrogen-bond donors (Lipinski definition) is 1. The number of hydrogen-bond acceptors (Lipinski definition) is 3. The van der Waals surface area contributed by atoms with Crippen LogP contribution in [0.1, 0.15) is 68.9 Å². The van der Waals surface area contributed by atoms with Gasteiger partial charge in [0.1, 0.15) is 0 Å². The highest BCUT2D eigenvalue weighted by Crippen LogP contribution is 2.19. The van der Waals surface area contributed by atoms with Crippen LogP contribution in [0.3, 0.4) is 0 Å². The molecule has 1 aromatic rings. The van der Waals surface area contributed by atoms with E-state index in [0.29, 0.717) is 17.4 Å². The lowest BCUT2D eigenvalue weighted by Crippen LogP contribution is -2.49. The number of amides is 1. The minimum Gasteiger partial charge on any atom is -0.478 e. The second-order valence-corrected chi connectivity index (χ2v) is 8.83. The van der Waals surface area contributed by atoms with Crippen molar-refractivity contribution in [3.05, 3.63) is 48.0 Å². The number of rotatable bonds is 7. The number of carboxylic acid groups (broad SMARTS) is 1. The number of carbonyl (C=O) groups is 2. The van der Waals surface area contributed by atoms with Crippen LogP contribution in [-0.4, -0.2) is 59.5 Å². The van der Waals surface area contributed by atoms with Crippen molar-refractivity contribution in [2.75, 3.05) is 32.7 Å². The fourth-order valence-electron chi connectivity index (χ4n) is 3.41. The maximum Gasteiger partial charge on any atom is 0.335 e. The Bertz CT molecular complexity index is 671. The number of aryl methyl sites for hydroxylation is 2. The fraction of sp³-hybridized carbons (Fsp3) is 0.600. The molecule has 1 fully saturated rings. The van der Waals surface area contributed by atoms with E-state index in [1.807, 2.05) is 17.9 Å². The van der Waals surface area contributed by atoms with E-state index in [-0.39, 0.29) is 13.3 Å². The Balaban J connectivity index is 0.00000272. The quantitative estimate of drug-likeness (QED) is 0.631. The molecule has 0 atom stereocenters. The second-order valence-electron chi connectivity index (χ2n) is 8.83. The number of carboxylic acids is 1. The Morgan fingerprint density at radius 3 is 2.20 bits per heavy atom. The van der Waals surface area contributed by atoms with E-state index in [0.717, 1.165) is 56.7 Å². The molecule has 0 spiro atoms. The molecular formula is C25H42N2O3. The Labute approximate surface area is 183 Å². The van der Waals surface area contributed by atoms with Gasteiger partial charge in [0.15, 0.2) is 0 Å². The highest BCUT2D eigenvalue weighted by Gasteiger charge is 2.22. The first kappa shape index (κ1) is 27.9. The molecule has 170 valence electrons. The van der Waals surface area contributed by atoms with Crippen LogP contribution in [0, 0.1) is 12.3 Å². The van der Waals surface area contributed by atoms with Gasteiger partial charge in [0.2, 0.25) is 5.91 Å². The predicted octanol–water partition coefficient (Wildman–Crippen LogP) is 5.03. The third-order valence-corrected chi connectivity index (χ3v) is 5.33. The van der Waals surface area contributed by atoms with E-state index >= 15 is 0 Å². The number of benzene rings is 1. The zero-order chi connectivity index (χ0) is 22.0. The van der Waals surface area contributed by atoms with Crippen molar-refractivity contribution in [3.8, 4) is 0 Å². The first-order valence-electron chi connectivity index (χ1n) is 10.5. The van der Waals surface area contributed by atoms with E-state index in [1.165, 1.54) is 6.42 Å². The summed E-state index contributed by atoms with van der Waals surface area (Å²) in [5.41, 5.74) is 2.78. The third-order valence-electron chi connectivity index (χ3n) is 5.33. The Morgan fingerprint density at radius 2 is 1.70 bits per heavy atom. The molecule has 1 saturated heterocycles. The highest BCUT2D eigenvalue weighted by molar-refractivity contribution is 5.87. The average Bonchev–Trinajstić information content (AvgIpc) is 2.68. The molecule has 30 heavy (non-hydrogen) atoms. The molecule has 5 heteroatoms.